The summed E-state index contributed by atoms with van der Waals surface area (Å²) in [6.45, 7) is 1.45. The highest BCUT2D eigenvalue weighted by Gasteiger charge is 2.60. The lowest BCUT2D eigenvalue weighted by Gasteiger charge is -2.21. The normalized spacial score (nSPS) is 19.7. The van der Waals surface area contributed by atoms with Gasteiger partial charge in [-0.2, -0.15) is 18.3 Å². The third-order valence-corrected chi connectivity index (χ3v) is 5.20. The minimum atomic E-state index is -4.71. The molecule has 1 N–H and O–H groups in total. The summed E-state index contributed by atoms with van der Waals surface area (Å²) in [5.74, 6) is -4.53. The van der Waals surface area contributed by atoms with Crippen molar-refractivity contribution in [2.75, 3.05) is 16.8 Å². The van der Waals surface area contributed by atoms with Crippen LogP contribution in [0.2, 0.25) is 0 Å². The molecule has 1 fully saturated rings. The number of esters is 1. The lowest BCUT2D eigenvalue weighted by Crippen LogP contribution is -2.44. The van der Waals surface area contributed by atoms with Crippen LogP contribution >= 0.6 is 0 Å². The molecule has 0 saturated carbocycles. The molecule has 2 aromatic rings. The predicted molar refractivity (Wildman–Crippen MR) is 113 cm³/mol. The molecule has 0 spiro atoms. The molecule has 4 amide bonds. The van der Waals surface area contributed by atoms with Crippen LogP contribution < -0.4 is 10.2 Å². The standard InChI is InChI=1S/C22H17F3N4O5/c1-2-34-20(32)16-15-17(29(27-16)21(33)26-13-8-4-3-5-9-13)19(31)28(18(15)30)14-10-6-7-12(11-14)22(23,24)25/h3-11,15,17H,2H2,1H3,(H,26,33)/t15-,17-/m0/s1. The first kappa shape index (κ1) is 23.0. The second kappa shape index (κ2) is 8.61. The number of nitrogens with one attached hydrogen (secondary N) is 1. The first-order valence-corrected chi connectivity index (χ1v) is 10.1. The minimum absolute atomic E-state index is 0.0646. The smallest absolute Gasteiger partial charge is 0.416 e. The zero-order chi connectivity index (χ0) is 24.6. The van der Waals surface area contributed by atoms with Gasteiger partial charge in [-0.15, -0.1) is 0 Å². The number of para-hydroxylation sites is 1. The molecule has 2 heterocycles. The molecule has 2 aliphatic rings. The zero-order valence-electron chi connectivity index (χ0n) is 17.6. The van der Waals surface area contributed by atoms with E-state index in [0.717, 1.165) is 18.2 Å². The number of alkyl halides is 3. The SMILES string of the molecule is CCOC(=O)C1=NN(C(=O)Nc2ccccc2)[C@@H]2C(=O)N(c3cccc(C(F)(F)F)c3)C(=O)[C@@H]12. The number of imide groups is 1. The number of amides is 4. The van der Waals surface area contributed by atoms with Gasteiger partial charge < -0.3 is 10.1 Å². The summed E-state index contributed by atoms with van der Waals surface area (Å²) >= 11 is 0. The first-order valence-electron chi connectivity index (χ1n) is 10.1. The number of carbonyl (C=O) groups is 4. The van der Waals surface area contributed by atoms with E-state index in [0.29, 0.717) is 21.7 Å². The molecule has 0 unspecified atom stereocenters. The van der Waals surface area contributed by atoms with Crippen molar-refractivity contribution >= 4 is 40.9 Å². The van der Waals surface area contributed by atoms with Crippen molar-refractivity contribution < 1.29 is 37.1 Å². The summed E-state index contributed by atoms with van der Waals surface area (Å²) < 4.78 is 44.4. The number of rotatable bonds is 4. The first-order chi connectivity index (χ1) is 16.1. The molecule has 0 bridgehead atoms. The molecule has 4 rings (SSSR count). The van der Waals surface area contributed by atoms with Crippen LogP contribution in [0, 0.1) is 5.92 Å². The Bertz CT molecular complexity index is 1200. The monoisotopic (exact) mass is 474 g/mol. The average Bonchev–Trinajstić information content (AvgIpc) is 3.31. The van der Waals surface area contributed by atoms with Crippen LogP contribution in [-0.2, 0) is 25.3 Å². The number of nitrogens with zero attached hydrogens (tertiary/aromatic N) is 3. The Labute approximate surface area is 190 Å². The maximum atomic E-state index is 13.2. The number of anilines is 2. The summed E-state index contributed by atoms with van der Waals surface area (Å²) in [6.07, 6.45) is -4.71. The second-order valence-corrected chi connectivity index (χ2v) is 7.33. The summed E-state index contributed by atoms with van der Waals surface area (Å²) in [5, 5.41) is 7.04. The molecule has 0 aromatic heterocycles. The van der Waals surface area contributed by atoms with E-state index in [4.69, 9.17) is 4.74 Å². The number of ether oxygens (including phenoxy) is 1. The molecule has 34 heavy (non-hydrogen) atoms. The molecule has 9 nitrogen and oxygen atoms in total. The van der Waals surface area contributed by atoms with E-state index in [9.17, 15) is 32.3 Å². The molecule has 2 aliphatic heterocycles. The Morgan fingerprint density at radius 3 is 2.41 bits per heavy atom. The zero-order valence-corrected chi connectivity index (χ0v) is 17.6. The van der Waals surface area contributed by atoms with Crippen LogP contribution in [-0.4, -0.2) is 47.2 Å². The molecule has 0 aliphatic carbocycles. The Morgan fingerprint density at radius 2 is 1.76 bits per heavy atom. The highest BCUT2D eigenvalue weighted by atomic mass is 19.4. The van der Waals surface area contributed by atoms with Gasteiger partial charge in [0.2, 0.25) is 5.91 Å². The summed E-state index contributed by atoms with van der Waals surface area (Å²) in [4.78, 5) is 52.3. The van der Waals surface area contributed by atoms with Gasteiger partial charge in [-0.1, -0.05) is 24.3 Å². The fourth-order valence-corrected chi connectivity index (χ4v) is 3.73. The molecule has 0 radical (unpaired) electrons. The van der Waals surface area contributed by atoms with Crippen LogP contribution in [0.1, 0.15) is 12.5 Å². The van der Waals surface area contributed by atoms with Gasteiger partial charge in [0.05, 0.1) is 17.9 Å². The average molecular weight is 474 g/mol. The lowest BCUT2D eigenvalue weighted by atomic mass is 9.98. The third-order valence-electron chi connectivity index (χ3n) is 5.20. The van der Waals surface area contributed by atoms with E-state index in [2.05, 4.69) is 10.4 Å². The number of hydrogen-bond donors (Lipinski definition) is 1. The molecule has 1 saturated heterocycles. The number of urea groups is 1. The second-order valence-electron chi connectivity index (χ2n) is 7.33. The van der Waals surface area contributed by atoms with Gasteiger partial charge in [0, 0.05) is 5.69 Å². The molecule has 2 atom stereocenters. The Balaban J connectivity index is 1.72. The number of fused-ring (bicyclic) bond motifs is 1. The van der Waals surface area contributed by atoms with Gasteiger partial charge in [-0.25, -0.2) is 19.5 Å². The number of carbonyl (C=O) groups excluding carboxylic acids is 4. The van der Waals surface area contributed by atoms with E-state index in [1.807, 2.05) is 0 Å². The molecular formula is C22H17F3N4O5. The van der Waals surface area contributed by atoms with E-state index in [1.54, 1.807) is 30.3 Å². The highest BCUT2D eigenvalue weighted by Crippen LogP contribution is 2.38. The van der Waals surface area contributed by atoms with Crippen molar-refractivity contribution in [3.63, 3.8) is 0 Å². The molecule has 12 heteroatoms. The van der Waals surface area contributed by atoms with E-state index >= 15 is 0 Å². The van der Waals surface area contributed by atoms with Crippen molar-refractivity contribution in [1.82, 2.24) is 5.01 Å². The molecular weight excluding hydrogens is 457 g/mol. The van der Waals surface area contributed by atoms with Gasteiger partial charge in [0.1, 0.15) is 5.92 Å². The van der Waals surface area contributed by atoms with Crippen molar-refractivity contribution in [3.05, 3.63) is 60.2 Å². The van der Waals surface area contributed by atoms with E-state index < -0.39 is 53.2 Å². The van der Waals surface area contributed by atoms with Crippen molar-refractivity contribution in [2.24, 2.45) is 11.0 Å². The van der Waals surface area contributed by atoms with Crippen molar-refractivity contribution in [3.8, 4) is 0 Å². The fraction of sp³-hybridized carbons (Fsp3) is 0.227. The van der Waals surface area contributed by atoms with Crippen molar-refractivity contribution in [1.29, 1.82) is 0 Å². The Kier molecular flexibility index (Phi) is 5.82. The molecule has 2 aromatic carbocycles. The third kappa shape index (κ3) is 3.98. The van der Waals surface area contributed by atoms with Gasteiger partial charge in [0.15, 0.2) is 11.8 Å². The van der Waals surface area contributed by atoms with Crippen LogP contribution in [0.15, 0.2) is 59.7 Å². The van der Waals surface area contributed by atoms with Gasteiger partial charge >= 0.3 is 18.2 Å². The number of benzene rings is 2. The van der Waals surface area contributed by atoms with Crippen LogP contribution in [0.5, 0.6) is 0 Å². The fourth-order valence-electron chi connectivity index (χ4n) is 3.73. The Hall–Kier alpha value is -4.22. The Morgan fingerprint density at radius 1 is 1.06 bits per heavy atom. The summed E-state index contributed by atoms with van der Waals surface area (Å²) in [7, 11) is 0. The molecule has 176 valence electrons. The van der Waals surface area contributed by atoms with E-state index in [-0.39, 0.29) is 12.3 Å². The quantitative estimate of drug-likeness (QED) is 0.541. The van der Waals surface area contributed by atoms with Crippen LogP contribution in [0.25, 0.3) is 0 Å². The predicted octanol–water partition coefficient (Wildman–Crippen LogP) is 3.03. The summed E-state index contributed by atoms with van der Waals surface area (Å²) in [5.41, 5.74) is -1.54. The van der Waals surface area contributed by atoms with Crippen LogP contribution in [0.4, 0.5) is 29.3 Å². The highest BCUT2D eigenvalue weighted by molar-refractivity contribution is 6.47. The number of hydrogen-bond acceptors (Lipinski definition) is 6. The van der Waals surface area contributed by atoms with Crippen molar-refractivity contribution in [2.45, 2.75) is 19.1 Å². The number of hydrazone groups is 1. The maximum Gasteiger partial charge on any atom is 0.416 e. The topological polar surface area (TPSA) is 108 Å². The number of halogens is 3. The van der Waals surface area contributed by atoms with Gasteiger partial charge in [-0.3, -0.25) is 9.59 Å². The van der Waals surface area contributed by atoms with Gasteiger partial charge in [0.25, 0.3) is 5.91 Å². The van der Waals surface area contributed by atoms with Crippen LogP contribution in [0.3, 0.4) is 0 Å². The largest absolute Gasteiger partial charge is 0.461 e. The minimum Gasteiger partial charge on any atom is -0.461 e. The maximum absolute atomic E-state index is 13.2. The summed E-state index contributed by atoms with van der Waals surface area (Å²) in [6, 6.07) is 9.31. The van der Waals surface area contributed by atoms with Gasteiger partial charge in [-0.05, 0) is 37.3 Å². The lowest BCUT2D eigenvalue weighted by molar-refractivity contribution is -0.137. The van der Waals surface area contributed by atoms with E-state index in [1.165, 1.54) is 6.92 Å².